The van der Waals surface area contributed by atoms with Crippen LogP contribution in [0.3, 0.4) is 0 Å². The van der Waals surface area contributed by atoms with Crippen LogP contribution in [0, 0.1) is 0 Å². The predicted octanol–water partition coefficient (Wildman–Crippen LogP) is 4.79. The van der Waals surface area contributed by atoms with Crippen LogP contribution in [0.25, 0.3) is 0 Å². The first kappa shape index (κ1) is 23.2. The summed E-state index contributed by atoms with van der Waals surface area (Å²) in [5, 5.41) is 0. The van der Waals surface area contributed by atoms with E-state index in [1.807, 2.05) is 42.5 Å². The number of aromatic nitrogens is 1. The van der Waals surface area contributed by atoms with Gasteiger partial charge in [0, 0.05) is 38.0 Å². The fourth-order valence-corrected chi connectivity index (χ4v) is 6.64. The van der Waals surface area contributed by atoms with Crippen molar-refractivity contribution in [2.45, 2.75) is 36.1 Å². The zero-order valence-electron chi connectivity index (χ0n) is 17.5. The summed E-state index contributed by atoms with van der Waals surface area (Å²) in [6.07, 6.45) is 4.22. The molecule has 1 aliphatic rings. The summed E-state index contributed by atoms with van der Waals surface area (Å²) in [6.45, 7) is 1.77. The van der Waals surface area contributed by atoms with Gasteiger partial charge in [0.2, 0.25) is 0 Å². The molecule has 32 heavy (non-hydrogen) atoms. The van der Waals surface area contributed by atoms with Crippen LogP contribution in [0.5, 0.6) is 5.75 Å². The van der Waals surface area contributed by atoms with Gasteiger partial charge in [-0.15, -0.1) is 11.3 Å². The van der Waals surface area contributed by atoms with Crippen molar-refractivity contribution < 1.29 is 17.9 Å². The summed E-state index contributed by atoms with van der Waals surface area (Å²) >= 11 is 7.06. The summed E-state index contributed by atoms with van der Waals surface area (Å²) in [5.74, 6) is 0.739. The molecule has 0 unspecified atom stereocenters. The van der Waals surface area contributed by atoms with Gasteiger partial charge in [-0.2, -0.15) is 4.31 Å². The van der Waals surface area contributed by atoms with Gasteiger partial charge >= 0.3 is 0 Å². The highest BCUT2D eigenvalue weighted by molar-refractivity contribution is 7.91. The van der Waals surface area contributed by atoms with E-state index in [0.717, 1.165) is 47.6 Å². The summed E-state index contributed by atoms with van der Waals surface area (Å²) in [7, 11) is -3.67. The van der Waals surface area contributed by atoms with E-state index in [1.54, 1.807) is 18.3 Å². The van der Waals surface area contributed by atoms with Crippen LogP contribution >= 0.6 is 22.9 Å². The summed E-state index contributed by atoms with van der Waals surface area (Å²) in [6, 6.07) is 16.5. The van der Waals surface area contributed by atoms with Crippen LogP contribution in [0.1, 0.15) is 24.1 Å². The van der Waals surface area contributed by atoms with Crippen LogP contribution in [0.4, 0.5) is 0 Å². The van der Waals surface area contributed by atoms with Gasteiger partial charge in [-0.05, 0) is 54.8 Å². The lowest BCUT2D eigenvalue weighted by Gasteiger charge is -2.24. The smallest absolute Gasteiger partial charge is 0.252 e. The highest BCUT2D eigenvalue weighted by Crippen LogP contribution is 2.30. The molecular formula is C23H25ClN2O4S2. The van der Waals surface area contributed by atoms with Gasteiger partial charge in [-0.3, -0.25) is 4.98 Å². The Morgan fingerprint density at radius 1 is 1.16 bits per heavy atom. The monoisotopic (exact) mass is 492 g/mol. The zero-order valence-corrected chi connectivity index (χ0v) is 19.9. The van der Waals surface area contributed by atoms with E-state index in [2.05, 4.69) is 4.98 Å². The van der Waals surface area contributed by atoms with Gasteiger partial charge in [0.05, 0.1) is 17.0 Å². The first-order chi connectivity index (χ1) is 15.5. The molecule has 1 saturated heterocycles. The van der Waals surface area contributed by atoms with Crippen molar-refractivity contribution in [2.75, 3.05) is 19.8 Å². The number of sulfonamides is 1. The van der Waals surface area contributed by atoms with E-state index in [9.17, 15) is 8.42 Å². The largest absolute Gasteiger partial charge is 0.493 e. The Bertz CT molecular complexity index is 1100. The number of nitrogens with zero attached hydrogens (tertiary/aromatic N) is 2. The second kappa shape index (κ2) is 10.8. The van der Waals surface area contributed by atoms with Crippen LogP contribution in [-0.4, -0.2) is 43.6 Å². The number of benzene rings is 1. The number of rotatable bonds is 10. The van der Waals surface area contributed by atoms with Gasteiger partial charge in [0.25, 0.3) is 10.0 Å². The number of hydrogen-bond donors (Lipinski definition) is 0. The van der Waals surface area contributed by atoms with Crippen molar-refractivity contribution in [3.05, 3.63) is 76.4 Å². The normalized spacial score (nSPS) is 16.5. The van der Waals surface area contributed by atoms with Crippen molar-refractivity contribution >= 4 is 33.0 Å². The standard InChI is InChI=1S/C23H25ClN2O4S2/c24-22-10-11-23(31-22)32(27,28)26(17-21-5-3-14-29-21)16-18-6-8-20(9-7-18)30-15-12-19-4-1-2-13-25-19/h1-2,4,6-11,13,21H,3,5,12,14-17H2/t21-/m1/s1. The van der Waals surface area contributed by atoms with Crippen LogP contribution in [0.15, 0.2) is 65.0 Å². The molecule has 4 rings (SSSR count). The predicted molar refractivity (Wildman–Crippen MR) is 126 cm³/mol. The highest BCUT2D eigenvalue weighted by atomic mass is 35.5. The van der Waals surface area contributed by atoms with Gasteiger partial charge in [-0.25, -0.2) is 8.42 Å². The Hall–Kier alpha value is -1.97. The fraction of sp³-hybridized carbons (Fsp3) is 0.348. The number of thiophene rings is 1. The van der Waals surface area contributed by atoms with Crippen LogP contribution < -0.4 is 4.74 Å². The lowest BCUT2D eigenvalue weighted by Crippen LogP contribution is -2.36. The Kier molecular flexibility index (Phi) is 7.80. The Morgan fingerprint density at radius 2 is 2.00 bits per heavy atom. The zero-order chi connectivity index (χ0) is 22.4. The molecular weight excluding hydrogens is 468 g/mol. The highest BCUT2D eigenvalue weighted by Gasteiger charge is 2.30. The minimum absolute atomic E-state index is 0.0885. The summed E-state index contributed by atoms with van der Waals surface area (Å²) < 4.78 is 40.2. The molecule has 0 radical (unpaired) electrons. The molecule has 0 amide bonds. The SMILES string of the molecule is O=S(=O)(c1ccc(Cl)s1)N(Cc1ccc(OCCc2ccccn2)cc1)C[C@H]1CCCO1. The van der Waals surface area contributed by atoms with Gasteiger partial charge in [0.1, 0.15) is 9.96 Å². The molecule has 6 nitrogen and oxygen atoms in total. The number of ether oxygens (including phenoxy) is 2. The molecule has 0 spiro atoms. The van der Waals surface area contributed by atoms with E-state index in [4.69, 9.17) is 21.1 Å². The first-order valence-corrected chi connectivity index (χ1v) is 13.1. The van der Waals surface area contributed by atoms with Crippen molar-refractivity contribution in [3.63, 3.8) is 0 Å². The lowest BCUT2D eigenvalue weighted by atomic mass is 10.2. The third-order valence-corrected chi connectivity index (χ3v) is 8.72. The first-order valence-electron chi connectivity index (χ1n) is 10.5. The Labute approximate surface area is 197 Å². The van der Waals surface area contributed by atoms with E-state index in [0.29, 0.717) is 24.1 Å². The fourth-order valence-electron chi connectivity index (χ4n) is 3.54. The Balaban J connectivity index is 1.42. The minimum atomic E-state index is -3.67. The second-order valence-electron chi connectivity index (χ2n) is 7.55. The quantitative estimate of drug-likeness (QED) is 0.407. The molecule has 9 heteroatoms. The third-order valence-electron chi connectivity index (χ3n) is 5.21. The van der Waals surface area contributed by atoms with Gasteiger partial charge in [0.15, 0.2) is 0 Å². The third kappa shape index (κ3) is 6.08. The van der Waals surface area contributed by atoms with E-state index >= 15 is 0 Å². The maximum Gasteiger partial charge on any atom is 0.252 e. The minimum Gasteiger partial charge on any atom is -0.493 e. The summed E-state index contributed by atoms with van der Waals surface area (Å²) in [4.78, 5) is 4.29. The van der Waals surface area contributed by atoms with Crippen molar-refractivity contribution in [2.24, 2.45) is 0 Å². The molecule has 1 aromatic carbocycles. The molecule has 1 fully saturated rings. The molecule has 3 heterocycles. The number of pyridine rings is 1. The molecule has 0 saturated carbocycles. The molecule has 1 atom stereocenters. The summed E-state index contributed by atoms with van der Waals surface area (Å²) in [5.41, 5.74) is 1.86. The molecule has 2 aromatic heterocycles. The molecule has 0 bridgehead atoms. The van der Waals surface area contributed by atoms with Crippen molar-refractivity contribution in [1.82, 2.24) is 9.29 Å². The topological polar surface area (TPSA) is 68.7 Å². The molecule has 1 aliphatic heterocycles. The Morgan fingerprint density at radius 3 is 2.66 bits per heavy atom. The van der Waals surface area contributed by atoms with E-state index < -0.39 is 10.0 Å². The average molecular weight is 493 g/mol. The lowest BCUT2D eigenvalue weighted by molar-refractivity contribution is 0.0926. The second-order valence-corrected chi connectivity index (χ2v) is 11.4. The van der Waals surface area contributed by atoms with Crippen LogP contribution in [-0.2, 0) is 27.7 Å². The van der Waals surface area contributed by atoms with Gasteiger partial charge < -0.3 is 9.47 Å². The van der Waals surface area contributed by atoms with E-state index in [1.165, 1.54) is 4.31 Å². The van der Waals surface area contributed by atoms with Gasteiger partial charge in [-0.1, -0.05) is 29.8 Å². The van der Waals surface area contributed by atoms with Crippen LogP contribution in [0.2, 0.25) is 4.34 Å². The number of hydrogen-bond acceptors (Lipinski definition) is 6. The van der Waals surface area contributed by atoms with E-state index in [-0.39, 0.29) is 16.9 Å². The number of halogens is 1. The molecule has 170 valence electrons. The van der Waals surface area contributed by atoms with Crippen molar-refractivity contribution in [3.8, 4) is 5.75 Å². The molecule has 3 aromatic rings. The molecule has 0 N–H and O–H groups in total. The molecule has 0 aliphatic carbocycles. The van der Waals surface area contributed by atoms with Crippen molar-refractivity contribution in [1.29, 1.82) is 0 Å². The maximum atomic E-state index is 13.3. The maximum absolute atomic E-state index is 13.3. The average Bonchev–Trinajstić information content (AvgIpc) is 3.47.